The summed E-state index contributed by atoms with van der Waals surface area (Å²) in [6.45, 7) is 8.70. The summed E-state index contributed by atoms with van der Waals surface area (Å²) in [6, 6.07) is 12.0. The van der Waals surface area contributed by atoms with Gasteiger partial charge in [0.05, 0.1) is 12.8 Å². The van der Waals surface area contributed by atoms with Gasteiger partial charge in [0.15, 0.2) is 0 Å². The highest BCUT2D eigenvalue weighted by molar-refractivity contribution is 5.62. The van der Waals surface area contributed by atoms with E-state index in [4.69, 9.17) is 31.5 Å². The number of benzene rings is 2. The van der Waals surface area contributed by atoms with E-state index in [1.165, 1.54) is 5.69 Å². The van der Waals surface area contributed by atoms with Crippen molar-refractivity contribution in [2.24, 2.45) is 0 Å². The monoisotopic (exact) mass is 518 g/mol. The second-order valence-electron chi connectivity index (χ2n) is 9.18. The van der Waals surface area contributed by atoms with Crippen LogP contribution in [0, 0.1) is 6.92 Å². The SMILES string of the molecule is CCN(CCCCO)c1ccc(N)c(OC)c1.Cc1cc(N(CCCCO)CCCCCO)ccc1N. The van der Waals surface area contributed by atoms with Crippen molar-refractivity contribution in [1.29, 1.82) is 0 Å². The van der Waals surface area contributed by atoms with Gasteiger partial charge in [-0.3, -0.25) is 0 Å². The van der Waals surface area contributed by atoms with Gasteiger partial charge in [-0.25, -0.2) is 0 Å². The minimum absolute atomic E-state index is 0.249. The zero-order valence-corrected chi connectivity index (χ0v) is 23.2. The molecule has 8 heteroatoms. The minimum Gasteiger partial charge on any atom is -0.495 e. The maximum absolute atomic E-state index is 8.91. The number of aryl methyl sites for hydroxylation is 1. The molecule has 0 heterocycles. The standard InChI is InChI=1S/C16H28N2O2.C13H22N2O2/c1-14-13-15(7-8-16(14)17)18(10-4-6-12-20)9-3-2-5-11-19;1-3-15(8-4-5-9-16)11-6-7-12(14)13(10-11)17-2/h7-8,13,19-20H,2-6,9-12,17H2,1H3;6-7,10,16H,3-5,8-9,14H2,1-2H3. The van der Waals surface area contributed by atoms with E-state index in [0.717, 1.165) is 88.1 Å². The molecule has 0 unspecified atom stereocenters. The van der Waals surface area contributed by atoms with Crippen LogP contribution in [0.15, 0.2) is 36.4 Å². The lowest BCUT2D eigenvalue weighted by Crippen LogP contribution is -2.26. The maximum atomic E-state index is 8.91. The molecule has 210 valence electrons. The van der Waals surface area contributed by atoms with E-state index >= 15 is 0 Å². The third-order valence-corrected chi connectivity index (χ3v) is 6.34. The Kier molecular flexibility index (Phi) is 17.0. The van der Waals surface area contributed by atoms with E-state index in [0.29, 0.717) is 11.4 Å². The van der Waals surface area contributed by atoms with Crippen molar-refractivity contribution in [3.8, 4) is 5.75 Å². The molecule has 8 nitrogen and oxygen atoms in total. The zero-order valence-electron chi connectivity index (χ0n) is 23.2. The van der Waals surface area contributed by atoms with Crippen LogP contribution in [0.2, 0.25) is 0 Å². The number of nitrogen functional groups attached to an aromatic ring is 2. The third-order valence-electron chi connectivity index (χ3n) is 6.34. The van der Waals surface area contributed by atoms with Crippen molar-refractivity contribution in [2.45, 2.75) is 58.8 Å². The van der Waals surface area contributed by atoms with E-state index < -0.39 is 0 Å². The molecule has 0 aliphatic carbocycles. The Morgan fingerprint density at radius 1 is 0.676 bits per heavy atom. The summed E-state index contributed by atoms with van der Waals surface area (Å²) in [5, 5.41) is 26.5. The van der Waals surface area contributed by atoms with Crippen molar-refractivity contribution in [1.82, 2.24) is 0 Å². The van der Waals surface area contributed by atoms with Crippen LogP contribution in [-0.2, 0) is 0 Å². The lowest BCUT2D eigenvalue weighted by atomic mass is 10.1. The highest BCUT2D eigenvalue weighted by Gasteiger charge is 2.08. The van der Waals surface area contributed by atoms with Crippen molar-refractivity contribution in [3.05, 3.63) is 42.0 Å². The predicted octanol–water partition coefficient (Wildman–Crippen LogP) is 4.19. The number of aliphatic hydroxyl groups is 3. The van der Waals surface area contributed by atoms with Gasteiger partial charge in [-0.15, -0.1) is 0 Å². The molecule has 2 aromatic carbocycles. The summed E-state index contributed by atoms with van der Waals surface area (Å²) >= 11 is 0. The fourth-order valence-electron chi connectivity index (χ4n) is 4.01. The molecule has 0 spiro atoms. The number of rotatable bonds is 17. The van der Waals surface area contributed by atoms with Crippen LogP contribution in [0.25, 0.3) is 0 Å². The largest absolute Gasteiger partial charge is 0.495 e. The Bertz CT molecular complexity index is 866. The molecule has 0 aliphatic rings. The quantitative estimate of drug-likeness (QED) is 0.156. The van der Waals surface area contributed by atoms with Crippen LogP contribution >= 0.6 is 0 Å². The number of aliphatic hydroxyl groups excluding tert-OH is 3. The van der Waals surface area contributed by atoms with E-state index in [2.05, 4.69) is 28.9 Å². The normalized spacial score (nSPS) is 10.5. The molecule has 0 atom stereocenters. The van der Waals surface area contributed by atoms with Crippen LogP contribution in [0.1, 0.15) is 57.4 Å². The highest BCUT2D eigenvalue weighted by atomic mass is 16.5. The summed E-state index contributed by atoms with van der Waals surface area (Å²) in [5.41, 5.74) is 16.5. The number of hydrogen-bond acceptors (Lipinski definition) is 8. The lowest BCUT2D eigenvalue weighted by molar-refractivity contribution is 0.282. The molecule has 0 saturated carbocycles. The molecule has 7 N–H and O–H groups in total. The molecule has 0 radical (unpaired) electrons. The van der Waals surface area contributed by atoms with Gasteiger partial charge in [-0.1, -0.05) is 0 Å². The van der Waals surface area contributed by atoms with Crippen molar-refractivity contribution in [3.63, 3.8) is 0 Å². The number of ether oxygens (including phenoxy) is 1. The lowest BCUT2D eigenvalue weighted by Gasteiger charge is -2.25. The summed E-state index contributed by atoms with van der Waals surface area (Å²) in [7, 11) is 1.62. The Hall–Kier alpha value is -2.68. The van der Waals surface area contributed by atoms with E-state index in [9.17, 15) is 0 Å². The molecule has 0 amide bonds. The van der Waals surface area contributed by atoms with Gasteiger partial charge in [0.1, 0.15) is 5.75 Å². The van der Waals surface area contributed by atoms with Gasteiger partial charge in [0.2, 0.25) is 0 Å². The molecule has 0 aromatic heterocycles. The molecule has 2 rings (SSSR count). The van der Waals surface area contributed by atoms with Crippen LogP contribution in [0.5, 0.6) is 5.75 Å². The smallest absolute Gasteiger partial charge is 0.143 e. The topological polar surface area (TPSA) is 128 Å². The number of hydrogen-bond donors (Lipinski definition) is 5. The van der Waals surface area contributed by atoms with Crippen molar-refractivity contribution >= 4 is 22.7 Å². The average molecular weight is 519 g/mol. The zero-order chi connectivity index (χ0) is 27.5. The maximum Gasteiger partial charge on any atom is 0.143 e. The molecule has 0 bridgehead atoms. The van der Waals surface area contributed by atoms with E-state index in [1.54, 1.807) is 7.11 Å². The number of nitrogens with zero attached hydrogens (tertiary/aromatic N) is 2. The van der Waals surface area contributed by atoms with E-state index in [-0.39, 0.29) is 19.8 Å². The van der Waals surface area contributed by atoms with Gasteiger partial charge in [0.25, 0.3) is 0 Å². The third kappa shape index (κ3) is 12.4. The average Bonchev–Trinajstić information content (AvgIpc) is 2.90. The van der Waals surface area contributed by atoms with Gasteiger partial charge >= 0.3 is 0 Å². The summed E-state index contributed by atoms with van der Waals surface area (Å²) in [4.78, 5) is 4.59. The molecule has 0 aliphatic heterocycles. The van der Waals surface area contributed by atoms with Gasteiger partial charge in [0, 0.05) is 69.1 Å². The van der Waals surface area contributed by atoms with Gasteiger partial charge in [-0.2, -0.15) is 0 Å². The fourth-order valence-corrected chi connectivity index (χ4v) is 4.01. The summed E-state index contributed by atoms with van der Waals surface area (Å²) < 4.78 is 5.21. The van der Waals surface area contributed by atoms with Crippen LogP contribution in [0.3, 0.4) is 0 Å². The first-order chi connectivity index (χ1) is 17.9. The van der Waals surface area contributed by atoms with E-state index in [1.807, 2.05) is 31.2 Å². The molecule has 37 heavy (non-hydrogen) atoms. The molecule has 2 aromatic rings. The Morgan fingerprint density at radius 3 is 1.68 bits per heavy atom. The Morgan fingerprint density at radius 2 is 1.16 bits per heavy atom. The Labute approximate surface area is 223 Å². The first-order valence-electron chi connectivity index (χ1n) is 13.5. The fraction of sp³-hybridized carbons (Fsp3) is 0.586. The molecule has 0 fully saturated rings. The first kappa shape index (κ1) is 32.3. The second-order valence-corrected chi connectivity index (χ2v) is 9.18. The highest BCUT2D eigenvalue weighted by Crippen LogP contribution is 2.27. The number of nitrogens with two attached hydrogens (primary N) is 2. The predicted molar refractivity (Wildman–Crippen MR) is 157 cm³/mol. The van der Waals surface area contributed by atoms with Gasteiger partial charge < -0.3 is 41.3 Å². The van der Waals surface area contributed by atoms with Crippen LogP contribution in [0.4, 0.5) is 22.7 Å². The first-order valence-corrected chi connectivity index (χ1v) is 13.5. The van der Waals surface area contributed by atoms with Gasteiger partial charge in [-0.05, 0) is 94.7 Å². The summed E-state index contributed by atoms with van der Waals surface area (Å²) in [5.74, 6) is 0.711. The van der Waals surface area contributed by atoms with Crippen molar-refractivity contribution < 1.29 is 20.1 Å². The minimum atomic E-state index is 0.249. The number of unbranched alkanes of at least 4 members (excludes halogenated alkanes) is 4. The van der Waals surface area contributed by atoms with Crippen LogP contribution in [-0.4, -0.2) is 68.4 Å². The Balaban J connectivity index is 0.000000375. The van der Waals surface area contributed by atoms with Crippen LogP contribution < -0.4 is 26.0 Å². The molecular weight excluding hydrogens is 468 g/mol. The molecular formula is C29H50N4O4. The van der Waals surface area contributed by atoms with Crippen molar-refractivity contribution in [2.75, 3.05) is 74.4 Å². The number of methoxy groups -OCH3 is 1. The second kappa shape index (κ2) is 19.4. The number of anilines is 4. The summed E-state index contributed by atoms with van der Waals surface area (Å²) in [6.07, 6.45) is 6.62. The molecule has 0 saturated heterocycles.